The van der Waals surface area contributed by atoms with E-state index in [0.717, 1.165) is 9.87 Å². The number of methoxy groups -OCH3 is 1. The number of nitrogens with zero attached hydrogens (tertiary/aromatic N) is 1. The number of aliphatic hydroxyl groups is 1. The predicted octanol–water partition coefficient (Wildman–Crippen LogP) is 1.20. The maximum absolute atomic E-state index is 13.5. The maximum Gasteiger partial charge on any atom is 0.264 e. The second-order valence-corrected chi connectivity index (χ2v) is 10.5. The van der Waals surface area contributed by atoms with Gasteiger partial charge in [0.05, 0.1) is 24.7 Å². The van der Waals surface area contributed by atoms with Crippen LogP contribution in [0.15, 0.2) is 59.5 Å². The number of nitrogens with one attached hydrogen (secondary N) is 1. The Bertz CT molecular complexity index is 1110. The number of hydrogen-bond acceptors (Lipinski definition) is 8. The SMILES string of the molecule is COc1ccc(S(=O)(=O)N2C[C@H](O)[C@H]3OC(C)(C)O[C@@H]3[C@@H]2C(=O)NOCc2ccccc2)cc1. The van der Waals surface area contributed by atoms with E-state index in [4.69, 9.17) is 19.0 Å². The maximum atomic E-state index is 13.5. The van der Waals surface area contributed by atoms with Crippen LogP contribution in [0.5, 0.6) is 5.75 Å². The zero-order chi connectivity index (χ0) is 24.5. The zero-order valence-corrected chi connectivity index (χ0v) is 19.9. The second kappa shape index (κ2) is 9.61. The first-order valence-electron chi connectivity index (χ1n) is 10.8. The van der Waals surface area contributed by atoms with Crippen LogP contribution in [-0.4, -0.2) is 67.5 Å². The molecule has 11 heteroatoms. The number of sulfonamides is 1. The number of rotatable bonds is 7. The fraction of sp³-hybridized carbons (Fsp3) is 0.435. The van der Waals surface area contributed by atoms with Crippen molar-refractivity contribution in [2.45, 2.75) is 55.5 Å². The summed E-state index contributed by atoms with van der Waals surface area (Å²) in [6.07, 6.45) is -3.14. The number of fused-ring (bicyclic) bond motifs is 1. The van der Waals surface area contributed by atoms with E-state index in [-0.39, 0.29) is 18.0 Å². The van der Waals surface area contributed by atoms with Crippen LogP contribution in [0.4, 0.5) is 0 Å². The van der Waals surface area contributed by atoms with Crippen LogP contribution < -0.4 is 10.2 Å². The largest absolute Gasteiger partial charge is 0.497 e. The minimum absolute atomic E-state index is 0.0554. The van der Waals surface area contributed by atoms with E-state index in [1.807, 2.05) is 30.3 Å². The third-order valence-electron chi connectivity index (χ3n) is 5.72. The molecule has 4 atom stereocenters. The quantitative estimate of drug-likeness (QED) is 0.553. The summed E-state index contributed by atoms with van der Waals surface area (Å²) in [7, 11) is -2.73. The van der Waals surface area contributed by atoms with Gasteiger partial charge in [-0.3, -0.25) is 9.63 Å². The van der Waals surface area contributed by atoms with Gasteiger partial charge in [-0.1, -0.05) is 30.3 Å². The van der Waals surface area contributed by atoms with Crippen LogP contribution in [0.2, 0.25) is 0 Å². The Morgan fingerprint density at radius 3 is 2.41 bits per heavy atom. The van der Waals surface area contributed by atoms with Gasteiger partial charge < -0.3 is 19.3 Å². The van der Waals surface area contributed by atoms with Crippen molar-refractivity contribution in [3.8, 4) is 5.75 Å². The Balaban J connectivity index is 1.62. The molecule has 0 saturated carbocycles. The van der Waals surface area contributed by atoms with E-state index >= 15 is 0 Å². The standard InChI is InChI=1S/C23H28N2O8S/c1-23(2)32-20-18(26)13-25(34(28,29)17-11-9-16(30-3)10-12-17)19(21(20)33-23)22(27)24-31-14-15-7-5-4-6-8-15/h4-12,18-21,26H,13-14H2,1-3H3,(H,24,27)/t18-,19+,20+,21+/m0/s1. The number of carbonyl (C=O) groups is 1. The summed E-state index contributed by atoms with van der Waals surface area (Å²) < 4.78 is 44.8. The highest BCUT2D eigenvalue weighted by Gasteiger charge is 2.58. The van der Waals surface area contributed by atoms with Crippen LogP contribution in [0, 0.1) is 0 Å². The van der Waals surface area contributed by atoms with Gasteiger partial charge >= 0.3 is 0 Å². The Morgan fingerprint density at radius 2 is 1.76 bits per heavy atom. The first-order chi connectivity index (χ1) is 16.1. The third kappa shape index (κ3) is 4.95. The average Bonchev–Trinajstić information content (AvgIpc) is 3.15. The van der Waals surface area contributed by atoms with Gasteiger partial charge in [0.1, 0.15) is 24.0 Å². The lowest BCUT2D eigenvalue weighted by atomic mass is 9.95. The molecule has 34 heavy (non-hydrogen) atoms. The fourth-order valence-electron chi connectivity index (χ4n) is 4.16. The van der Waals surface area contributed by atoms with Gasteiger partial charge in [0, 0.05) is 6.54 Å². The van der Waals surface area contributed by atoms with Crippen molar-refractivity contribution >= 4 is 15.9 Å². The van der Waals surface area contributed by atoms with Crippen molar-refractivity contribution in [1.29, 1.82) is 0 Å². The summed E-state index contributed by atoms with van der Waals surface area (Å²) >= 11 is 0. The molecule has 0 unspecified atom stereocenters. The highest BCUT2D eigenvalue weighted by molar-refractivity contribution is 7.89. The molecule has 0 aliphatic carbocycles. The Kier molecular flexibility index (Phi) is 6.94. The smallest absolute Gasteiger partial charge is 0.264 e. The number of hydroxylamine groups is 1. The lowest BCUT2D eigenvalue weighted by Crippen LogP contribution is -2.65. The fourth-order valence-corrected chi connectivity index (χ4v) is 5.77. The summed E-state index contributed by atoms with van der Waals surface area (Å²) in [5.41, 5.74) is 3.17. The second-order valence-electron chi connectivity index (χ2n) is 8.57. The molecule has 2 saturated heterocycles. The molecule has 2 aromatic rings. The summed E-state index contributed by atoms with van der Waals surface area (Å²) in [6, 6.07) is 13.6. The van der Waals surface area contributed by atoms with Crippen molar-refractivity contribution < 1.29 is 37.4 Å². The van der Waals surface area contributed by atoms with Crippen LogP contribution >= 0.6 is 0 Å². The van der Waals surface area contributed by atoms with Gasteiger partial charge in [0.2, 0.25) is 10.0 Å². The van der Waals surface area contributed by atoms with E-state index in [9.17, 15) is 18.3 Å². The molecule has 2 aromatic carbocycles. The predicted molar refractivity (Wildman–Crippen MR) is 120 cm³/mol. The van der Waals surface area contributed by atoms with Crippen LogP contribution in [-0.2, 0) is 35.7 Å². The van der Waals surface area contributed by atoms with Gasteiger partial charge in [0.15, 0.2) is 5.79 Å². The summed E-state index contributed by atoms with van der Waals surface area (Å²) in [5, 5.41) is 10.7. The van der Waals surface area contributed by atoms with E-state index in [1.54, 1.807) is 13.8 Å². The van der Waals surface area contributed by atoms with Crippen molar-refractivity contribution in [2.24, 2.45) is 0 Å². The lowest BCUT2D eigenvalue weighted by molar-refractivity contribution is -0.156. The minimum Gasteiger partial charge on any atom is -0.497 e. The van der Waals surface area contributed by atoms with Gasteiger partial charge in [-0.05, 0) is 43.7 Å². The monoisotopic (exact) mass is 492 g/mol. The highest BCUT2D eigenvalue weighted by Crippen LogP contribution is 2.38. The number of amides is 1. The van der Waals surface area contributed by atoms with E-state index in [0.29, 0.717) is 5.75 Å². The lowest BCUT2D eigenvalue weighted by Gasteiger charge is -2.41. The first-order valence-corrected chi connectivity index (χ1v) is 12.2. The molecular weight excluding hydrogens is 464 g/mol. The third-order valence-corrected chi connectivity index (χ3v) is 7.58. The number of β-amino-alcohol motifs (C(OH)–C–C–N with tert-alkyl or cyclic N) is 1. The summed E-state index contributed by atoms with van der Waals surface area (Å²) in [6.45, 7) is 3.01. The molecule has 0 spiro atoms. The molecule has 1 amide bonds. The average molecular weight is 493 g/mol. The molecule has 2 heterocycles. The molecule has 4 rings (SSSR count). The molecule has 2 aliphatic rings. The van der Waals surface area contributed by atoms with Crippen molar-refractivity contribution in [3.63, 3.8) is 0 Å². The number of carbonyl (C=O) groups excluding carboxylic acids is 1. The number of benzene rings is 2. The number of aliphatic hydroxyl groups excluding tert-OH is 1. The van der Waals surface area contributed by atoms with Crippen LogP contribution in [0.3, 0.4) is 0 Å². The van der Waals surface area contributed by atoms with Crippen LogP contribution in [0.25, 0.3) is 0 Å². The Morgan fingerprint density at radius 1 is 1.12 bits per heavy atom. The molecule has 10 nitrogen and oxygen atoms in total. The number of ether oxygens (including phenoxy) is 3. The Labute approximate surface area is 198 Å². The highest BCUT2D eigenvalue weighted by atomic mass is 32.2. The van der Waals surface area contributed by atoms with Gasteiger partial charge in [-0.2, -0.15) is 4.31 Å². The number of piperidine rings is 1. The molecule has 2 N–H and O–H groups in total. The van der Waals surface area contributed by atoms with E-state index in [2.05, 4.69) is 5.48 Å². The molecule has 0 aromatic heterocycles. The minimum atomic E-state index is -4.20. The molecule has 0 bridgehead atoms. The van der Waals surface area contributed by atoms with Crippen molar-refractivity contribution in [2.75, 3.05) is 13.7 Å². The van der Waals surface area contributed by atoms with Crippen LogP contribution in [0.1, 0.15) is 19.4 Å². The molecule has 0 radical (unpaired) electrons. The number of hydrogen-bond donors (Lipinski definition) is 2. The molecule has 2 aliphatic heterocycles. The van der Waals surface area contributed by atoms with E-state index in [1.165, 1.54) is 31.4 Å². The topological polar surface area (TPSA) is 124 Å². The normalized spacial score (nSPS) is 26.6. The van der Waals surface area contributed by atoms with Crippen molar-refractivity contribution in [1.82, 2.24) is 9.79 Å². The molecule has 2 fully saturated rings. The van der Waals surface area contributed by atoms with Gasteiger partial charge in [-0.15, -0.1) is 0 Å². The van der Waals surface area contributed by atoms with Gasteiger partial charge in [-0.25, -0.2) is 13.9 Å². The Hall–Kier alpha value is -2.54. The molecular formula is C23H28N2O8S. The van der Waals surface area contributed by atoms with E-state index < -0.39 is 46.1 Å². The first kappa shape index (κ1) is 24.6. The zero-order valence-electron chi connectivity index (χ0n) is 19.1. The summed E-state index contributed by atoms with van der Waals surface area (Å²) in [4.78, 5) is 18.6. The van der Waals surface area contributed by atoms with Gasteiger partial charge in [0.25, 0.3) is 5.91 Å². The summed E-state index contributed by atoms with van der Waals surface area (Å²) in [5.74, 6) is -1.36. The molecule has 184 valence electrons. The van der Waals surface area contributed by atoms with Crippen molar-refractivity contribution in [3.05, 3.63) is 60.2 Å².